The predicted octanol–water partition coefficient (Wildman–Crippen LogP) is 3.69. The van der Waals surface area contributed by atoms with Gasteiger partial charge in [-0.2, -0.15) is 9.97 Å². The number of imidazole rings is 1. The van der Waals surface area contributed by atoms with Gasteiger partial charge in [0.05, 0.1) is 0 Å². The van der Waals surface area contributed by atoms with E-state index in [1.54, 1.807) is 6.20 Å². The first-order valence-electron chi connectivity index (χ1n) is 8.95. The van der Waals surface area contributed by atoms with Crippen molar-refractivity contribution >= 4 is 34.7 Å². The zero-order valence-electron chi connectivity index (χ0n) is 16.3. The number of rotatable bonds is 5. The summed E-state index contributed by atoms with van der Waals surface area (Å²) in [4.78, 5) is 19.9. The number of aryl methyl sites for hydroxylation is 2. The molecule has 4 aromatic heterocycles. The van der Waals surface area contributed by atoms with E-state index in [9.17, 15) is 0 Å². The van der Waals surface area contributed by atoms with Gasteiger partial charge >= 0.3 is 0 Å². The number of hydrogen-bond donors (Lipinski definition) is 2. The molecule has 0 spiro atoms. The first-order valence-corrected chi connectivity index (χ1v) is 8.95. The van der Waals surface area contributed by atoms with Gasteiger partial charge in [0.2, 0.25) is 5.95 Å². The number of hydrogen-bond acceptors (Lipinski definition) is 7. The molecule has 0 aliphatic rings. The van der Waals surface area contributed by atoms with Crippen LogP contribution in [0.25, 0.3) is 5.65 Å². The third-order valence-electron chi connectivity index (χ3n) is 4.18. The number of aromatic nitrogens is 5. The van der Waals surface area contributed by atoms with Crippen molar-refractivity contribution in [3.05, 3.63) is 60.2 Å². The first kappa shape index (κ1) is 17.7. The maximum absolute atomic E-state index is 4.61. The van der Waals surface area contributed by atoms with Crippen LogP contribution < -0.4 is 15.5 Å². The van der Waals surface area contributed by atoms with E-state index in [2.05, 4.69) is 30.6 Å². The lowest BCUT2D eigenvalue weighted by Crippen LogP contribution is -2.13. The summed E-state index contributed by atoms with van der Waals surface area (Å²) in [7, 11) is 3.89. The fourth-order valence-corrected chi connectivity index (χ4v) is 2.94. The zero-order valence-corrected chi connectivity index (χ0v) is 16.3. The van der Waals surface area contributed by atoms with Crippen LogP contribution in [0.2, 0.25) is 0 Å². The molecule has 0 radical (unpaired) electrons. The lowest BCUT2D eigenvalue weighted by atomic mass is 10.2. The minimum absolute atomic E-state index is 0.480. The Labute approximate surface area is 163 Å². The van der Waals surface area contributed by atoms with Gasteiger partial charge < -0.3 is 19.9 Å². The monoisotopic (exact) mass is 374 g/mol. The van der Waals surface area contributed by atoms with Crippen LogP contribution in [-0.4, -0.2) is 38.4 Å². The Morgan fingerprint density at radius 2 is 1.71 bits per heavy atom. The van der Waals surface area contributed by atoms with E-state index in [0.717, 1.165) is 34.2 Å². The molecule has 4 heterocycles. The van der Waals surface area contributed by atoms with Crippen molar-refractivity contribution in [2.45, 2.75) is 13.8 Å². The largest absolute Gasteiger partial charge is 0.363 e. The first-order chi connectivity index (χ1) is 13.5. The highest BCUT2D eigenvalue weighted by atomic mass is 15.2. The second-order valence-corrected chi connectivity index (χ2v) is 6.86. The fourth-order valence-electron chi connectivity index (χ4n) is 2.94. The molecular formula is C20H22N8. The minimum Gasteiger partial charge on any atom is -0.363 e. The summed E-state index contributed by atoms with van der Waals surface area (Å²) in [6.45, 7) is 4.00. The molecule has 4 aromatic rings. The number of anilines is 5. The minimum atomic E-state index is 0.480. The SMILES string of the molecule is Cc1cc(C)nc(Nc2nc(Nc3ccn4ccnc4c3)cc(N(C)C)n2)c1. The molecule has 8 heteroatoms. The second-order valence-electron chi connectivity index (χ2n) is 6.86. The molecule has 0 fully saturated rings. The highest BCUT2D eigenvalue weighted by molar-refractivity contribution is 5.65. The molecule has 142 valence electrons. The molecular weight excluding hydrogens is 352 g/mol. The number of pyridine rings is 2. The van der Waals surface area contributed by atoms with E-state index in [0.29, 0.717) is 11.8 Å². The highest BCUT2D eigenvalue weighted by Gasteiger charge is 2.09. The fraction of sp³-hybridized carbons (Fsp3) is 0.200. The zero-order chi connectivity index (χ0) is 19.7. The third kappa shape index (κ3) is 3.85. The molecule has 0 aliphatic carbocycles. The van der Waals surface area contributed by atoms with Crippen LogP contribution in [0.3, 0.4) is 0 Å². The van der Waals surface area contributed by atoms with Gasteiger partial charge in [-0.25, -0.2) is 9.97 Å². The Morgan fingerprint density at radius 3 is 2.50 bits per heavy atom. The van der Waals surface area contributed by atoms with Crippen LogP contribution in [0.5, 0.6) is 0 Å². The molecule has 2 N–H and O–H groups in total. The average Bonchev–Trinajstić information content (AvgIpc) is 3.08. The molecule has 0 aromatic carbocycles. The normalized spacial score (nSPS) is 10.9. The maximum atomic E-state index is 4.61. The summed E-state index contributed by atoms with van der Waals surface area (Å²) in [6, 6.07) is 9.84. The van der Waals surface area contributed by atoms with E-state index < -0.39 is 0 Å². The Morgan fingerprint density at radius 1 is 0.893 bits per heavy atom. The lowest BCUT2D eigenvalue weighted by molar-refractivity contribution is 1.04. The highest BCUT2D eigenvalue weighted by Crippen LogP contribution is 2.23. The van der Waals surface area contributed by atoms with Crippen LogP contribution in [0.15, 0.2) is 48.9 Å². The van der Waals surface area contributed by atoms with E-state index in [1.807, 2.05) is 80.0 Å². The number of nitrogens with zero attached hydrogens (tertiary/aromatic N) is 6. The molecule has 0 saturated carbocycles. The average molecular weight is 374 g/mol. The van der Waals surface area contributed by atoms with Gasteiger partial charge in [-0.1, -0.05) is 0 Å². The Balaban J connectivity index is 1.66. The van der Waals surface area contributed by atoms with Crippen molar-refractivity contribution < 1.29 is 0 Å². The Kier molecular flexibility index (Phi) is 4.52. The van der Waals surface area contributed by atoms with Gasteiger partial charge in [0.25, 0.3) is 0 Å². The molecule has 0 atom stereocenters. The van der Waals surface area contributed by atoms with Crippen molar-refractivity contribution in [1.82, 2.24) is 24.3 Å². The maximum Gasteiger partial charge on any atom is 0.232 e. The topological polar surface area (TPSA) is 83.3 Å². The van der Waals surface area contributed by atoms with Crippen molar-refractivity contribution in [2.24, 2.45) is 0 Å². The molecule has 0 saturated heterocycles. The second kappa shape index (κ2) is 7.15. The summed E-state index contributed by atoms with van der Waals surface area (Å²) in [5, 5.41) is 6.55. The van der Waals surface area contributed by atoms with E-state index in [1.165, 1.54) is 0 Å². The molecule has 28 heavy (non-hydrogen) atoms. The number of nitrogens with one attached hydrogen (secondary N) is 2. The van der Waals surface area contributed by atoms with Gasteiger partial charge in [-0.3, -0.25) is 0 Å². The van der Waals surface area contributed by atoms with Crippen molar-refractivity contribution in [1.29, 1.82) is 0 Å². The molecule has 0 amide bonds. The van der Waals surface area contributed by atoms with Gasteiger partial charge in [0.1, 0.15) is 23.1 Å². The van der Waals surface area contributed by atoms with Crippen molar-refractivity contribution in [2.75, 3.05) is 29.6 Å². The van der Waals surface area contributed by atoms with Crippen LogP contribution >= 0.6 is 0 Å². The molecule has 0 aliphatic heterocycles. The number of fused-ring (bicyclic) bond motifs is 1. The summed E-state index contributed by atoms with van der Waals surface area (Å²) in [5.41, 5.74) is 3.84. The Bertz CT molecular complexity index is 1110. The lowest BCUT2D eigenvalue weighted by Gasteiger charge is -2.16. The van der Waals surface area contributed by atoms with Crippen LogP contribution in [0.1, 0.15) is 11.3 Å². The van der Waals surface area contributed by atoms with Crippen LogP contribution in [0, 0.1) is 13.8 Å². The third-order valence-corrected chi connectivity index (χ3v) is 4.18. The molecule has 4 rings (SSSR count). The standard InChI is InChI=1S/C20H22N8/c1-13-9-14(2)22-16(10-13)24-20-25-17(12-19(26-20)27(3)4)23-15-5-7-28-8-6-21-18(28)11-15/h5-12H,1-4H3,(H2,22,23,24,25,26). The summed E-state index contributed by atoms with van der Waals surface area (Å²) in [5.74, 6) is 2.67. The summed E-state index contributed by atoms with van der Waals surface area (Å²) >= 11 is 0. The van der Waals surface area contributed by atoms with Crippen LogP contribution in [0.4, 0.5) is 29.1 Å². The quantitative estimate of drug-likeness (QED) is 0.551. The predicted molar refractivity (Wildman–Crippen MR) is 112 cm³/mol. The van der Waals surface area contributed by atoms with Crippen LogP contribution in [-0.2, 0) is 0 Å². The summed E-state index contributed by atoms with van der Waals surface area (Å²) < 4.78 is 1.95. The molecule has 8 nitrogen and oxygen atoms in total. The van der Waals surface area contributed by atoms with E-state index >= 15 is 0 Å². The summed E-state index contributed by atoms with van der Waals surface area (Å²) in [6.07, 6.45) is 5.64. The Hall–Kier alpha value is -3.68. The van der Waals surface area contributed by atoms with Gasteiger partial charge in [0.15, 0.2) is 0 Å². The molecule has 0 bridgehead atoms. The van der Waals surface area contributed by atoms with E-state index in [4.69, 9.17) is 0 Å². The van der Waals surface area contributed by atoms with Crippen molar-refractivity contribution in [3.8, 4) is 0 Å². The van der Waals surface area contributed by atoms with Crippen molar-refractivity contribution in [3.63, 3.8) is 0 Å². The van der Waals surface area contributed by atoms with E-state index in [-0.39, 0.29) is 0 Å². The smallest absolute Gasteiger partial charge is 0.232 e. The van der Waals surface area contributed by atoms with Gasteiger partial charge in [-0.05, 0) is 37.6 Å². The van der Waals surface area contributed by atoms with Gasteiger partial charge in [-0.15, -0.1) is 0 Å². The molecule has 0 unspecified atom stereocenters. The van der Waals surface area contributed by atoms with Gasteiger partial charge in [0, 0.05) is 56.2 Å².